The van der Waals surface area contributed by atoms with Crippen LogP contribution in [0.5, 0.6) is 0 Å². The van der Waals surface area contributed by atoms with Gasteiger partial charge in [0.25, 0.3) is 11.5 Å². The molecule has 0 aliphatic carbocycles. The van der Waals surface area contributed by atoms with Crippen molar-refractivity contribution in [3.8, 4) is 0 Å². The molecule has 30 heavy (non-hydrogen) atoms. The normalized spacial score (nSPS) is 19.7. The summed E-state index contributed by atoms with van der Waals surface area (Å²) < 4.78 is 1.54. The topological polar surface area (TPSA) is 106 Å². The second-order valence-electron chi connectivity index (χ2n) is 8.36. The minimum atomic E-state index is -0.589. The average molecular weight is 431 g/mol. The van der Waals surface area contributed by atoms with Crippen LogP contribution >= 0.6 is 12.2 Å². The number of nitrogens with one attached hydrogen (secondary N) is 2. The number of primary amides is 1. The summed E-state index contributed by atoms with van der Waals surface area (Å²) in [5.74, 6) is -0.432. The van der Waals surface area contributed by atoms with Crippen LogP contribution in [0.15, 0.2) is 29.1 Å². The third-order valence-electron chi connectivity index (χ3n) is 6.76. The number of nitrogens with zero attached hydrogens (tertiary/aromatic N) is 2. The Labute approximate surface area is 179 Å². The van der Waals surface area contributed by atoms with Crippen molar-refractivity contribution in [2.75, 3.05) is 26.2 Å². The van der Waals surface area contributed by atoms with Crippen LogP contribution in [0.1, 0.15) is 32.1 Å². The van der Waals surface area contributed by atoms with E-state index in [-0.39, 0.29) is 28.7 Å². The standard InChI is InChI=1S/C21H27N5O3S/c22-19(29)21(25-10-4-1-5-11-25)8-12-24(13-9-21)17(27)14-26-18(28)15-6-2-3-7-16(15)23-20(26)30/h2-3,6-7H,1,4-5,8-14H2,(H2,22,29)(H,23,30)/p+1. The quantitative estimate of drug-likeness (QED) is 0.593. The number of benzene rings is 1. The molecule has 2 fully saturated rings. The molecule has 0 spiro atoms. The lowest BCUT2D eigenvalue weighted by atomic mass is 9.83. The highest BCUT2D eigenvalue weighted by molar-refractivity contribution is 7.71. The van der Waals surface area contributed by atoms with Crippen molar-refractivity contribution in [2.45, 2.75) is 44.2 Å². The molecule has 2 aliphatic heterocycles. The van der Waals surface area contributed by atoms with E-state index in [9.17, 15) is 14.4 Å². The summed E-state index contributed by atoms with van der Waals surface area (Å²) >= 11 is 5.31. The van der Waals surface area contributed by atoms with Crippen LogP contribution in [0.25, 0.3) is 10.9 Å². The van der Waals surface area contributed by atoms with E-state index in [4.69, 9.17) is 18.0 Å². The van der Waals surface area contributed by atoms with Gasteiger partial charge in [-0.2, -0.15) is 0 Å². The molecule has 0 radical (unpaired) electrons. The number of piperidine rings is 2. The number of quaternary nitrogens is 1. The maximum absolute atomic E-state index is 12.9. The number of aromatic nitrogens is 2. The first-order chi connectivity index (χ1) is 14.4. The van der Waals surface area contributed by atoms with E-state index in [0.29, 0.717) is 36.8 Å². The van der Waals surface area contributed by atoms with Crippen molar-refractivity contribution in [1.82, 2.24) is 14.5 Å². The molecule has 160 valence electrons. The molecular weight excluding hydrogens is 402 g/mol. The SMILES string of the molecule is NC(=O)C1([NH+]2CCCCC2)CCN(C(=O)Cn2c(=S)[nH]c3ccccc3c2=O)CC1. The van der Waals surface area contributed by atoms with Gasteiger partial charge >= 0.3 is 0 Å². The summed E-state index contributed by atoms with van der Waals surface area (Å²) in [7, 11) is 0. The molecule has 4 rings (SSSR count). The Morgan fingerprint density at radius 1 is 1.13 bits per heavy atom. The number of likely N-dealkylation sites (tertiary alicyclic amines) is 2. The minimum absolute atomic E-state index is 0.112. The molecule has 8 nitrogen and oxygen atoms in total. The van der Waals surface area contributed by atoms with Crippen molar-refractivity contribution < 1.29 is 14.5 Å². The Balaban J connectivity index is 1.50. The molecule has 2 aliphatic rings. The zero-order valence-corrected chi connectivity index (χ0v) is 17.8. The van der Waals surface area contributed by atoms with Gasteiger partial charge in [0.1, 0.15) is 6.54 Å². The molecule has 1 aromatic heterocycles. The van der Waals surface area contributed by atoms with E-state index in [0.717, 1.165) is 25.9 Å². The van der Waals surface area contributed by atoms with E-state index in [1.54, 1.807) is 23.1 Å². The largest absolute Gasteiger partial charge is 0.364 e. The molecule has 0 bridgehead atoms. The average Bonchev–Trinajstić information content (AvgIpc) is 2.77. The second kappa shape index (κ2) is 8.31. The van der Waals surface area contributed by atoms with Gasteiger partial charge in [-0.25, -0.2) is 0 Å². The van der Waals surface area contributed by atoms with Crippen LogP contribution in [0.3, 0.4) is 0 Å². The van der Waals surface area contributed by atoms with Gasteiger partial charge in [-0.1, -0.05) is 12.1 Å². The number of carbonyl (C=O) groups excluding carboxylic acids is 2. The summed E-state index contributed by atoms with van der Waals surface area (Å²) in [4.78, 5) is 44.2. The zero-order valence-electron chi connectivity index (χ0n) is 17.0. The van der Waals surface area contributed by atoms with Gasteiger partial charge in [-0.15, -0.1) is 0 Å². The minimum Gasteiger partial charge on any atom is -0.364 e. The van der Waals surface area contributed by atoms with Crippen molar-refractivity contribution in [3.63, 3.8) is 0 Å². The molecule has 9 heteroatoms. The number of amides is 2. The van der Waals surface area contributed by atoms with Gasteiger partial charge in [0.05, 0.1) is 24.0 Å². The van der Waals surface area contributed by atoms with Crippen molar-refractivity contribution in [3.05, 3.63) is 39.4 Å². The van der Waals surface area contributed by atoms with E-state index < -0.39 is 5.54 Å². The molecule has 1 aromatic carbocycles. The smallest absolute Gasteiger partial charge is 0.278 e. The highest BCUT2D eigenvalue weighted by Gasteiger charge is 2.49. The van der Waals surface area contributed by atoms with Crippen molar-refractivity contribution >= 4 is 34.9 Å². The molecule has 3 heterocycles. The summed E-state index contributed by atoms with van der Waals surface area (Å²) in [6.07, 6.45) is 4.53. The van der Waals surface area contributed by atoms with E-state index in [2.05, 4.69) is 4.98 Å². The number of carbonyl (C=O) groups is 2. The molecule has 0 atom stereocenters. The lowest BCUT2D eigenvalue weighted by molar-refractivity contribution is -0.948. The third kappa shape index (κ3) is 3.67. The highest BCUT2D eigenvalue weighted by Crippen LogP contribution is 2.21. The zero-order chi connectivity index (χ0) is 21.3. The number of nitrogens with two attached hydrogens (primary N) is 1. The first-order valence-electron chi connectivity index (χ1n) is 10.6. The van der Waals surface area contributed by atoms with Crippen LogP contribution < -0.4 is 16.2 Å². The third-order valence-corrected chi connectivity index (χ3v) is 7.08. The van der Waals surface area contributed by atoms with Crippen molar-refractivity contribution in [2.24, 2.45) is 5.73 Å². The van der Waals surface area contributed by atoms with Crippen LogP contribution in [0.4, 0.5) is 0 Å². The summed E-state index contributed by atoms with van der Waals surface area (Å²) in [6, 6.07) is 7.11. The Morgan fingerprint density at radius 3 is 2.47 bits per heavy atom. The number of H-pyrrole nitrogens is 1. The molecule has 0 saturated carbocycles. The number of fused-ring (bicyclic) bond motifs is 1. The number of hydrogen-bond acceptors (Lipinski definition) is 4. The Kier molecular flexibility index (Phi) is 5.75. The van der Waals surface area contributed by atoms with Gasteiger partial charge in [-0.3, -0.25) is 19.0 Å². The fourth-order valence-corrected chi connectivity index (χ4v) is 5.20. The van der Waals surface area contributed by atoms with E-state index >= 15 is 0 Å². The van der Waals surface area contributed by atoms with Gasteiger partial charge < -0.3 is 20.5 Å². The van der Waals surface area contributed by atoms with Crippen LogP contribution in [0.2, 0.25) is 0 Å². The summed E-state index contributed by atoms with van der Waals surface area (Å²) in [6.45, 7) is 2.73. The molecule has 2 saturated heterocycles. The van der Waals surface area contributed by atoms with Crippen LogP contribution in [-0.2, 0) is 16.1 Å². The van der Waals surface area contributed by atoms with Gasteiger partial charge in [-0.05, 0) is 43.6 Å². The second-order valence-corrected chi connectivity index (χ2v) is 8.75. The molecular formula is C21H28N5O3S+. The van der Waals surface area contributed by atoms with Crippen LogP contribution in [0, 0.1) is 4.77 Å². The fraction of sp³-hybridized carbons (Fsp3) is 0.524. The number of hydrogen-bond donors (Lipinski definition) is 3. The molecule has 2 aromatic rings. The number of rotatable bonds is 4. The van der Waals surface area contributed by atoms with Gasteiger partial charge in [0.15, 0.2) is 10.3 Å². The van der Waals surface area contributed by atoms with E-state index in [1.165, 1.54) is 15.9 Å². The fourth-order valence-electron chi connectivity index (χ4n) is 4.95. The summed E-state index contributed by atoms with van der Waals surface area (Å²) in [5.41, 5.74) is 5.64. The molecule has 0 unspecified atom stereocenters. The van der Waals surface area contributed by atoms with Crippen molar-refractivity contribution in [1.29, 1.82) is 0 Å². The first kappa shape index (κ1) is 20.7. The predicted octanol–water partition coefficient (Wildman–Crippen LogP) is -0.0256. The number of para-hydroxylation sites is 1. The Hall–Kier alpha value is -2.52. The maximum Gasteiger partial charge on any atom is 0.278 e. The first-order valence-corrected chi connectivity index (χ1v) is 11.0. The molecule has 4 N–H and O–H groups in total. The lowest BCUT2D eigenvalue weighted by Gasteiger charge is -2.45. The predicted molar refractivity (Wildman–Crippen MR) is 116 cm³/mol. The number of aromatic amines is 1. The summed E-state index contributed by atoms with van der Waals surface area (Å²) in [5, 5.41) is 0.499. The lowest BCUT2D eigenvalue weighted by Crippen LogP contribution is -3.22. The van der Waals surface area contributed by atoms with Crippen LogP contribution in [-0.4, -0.2) is 58.0 Å². The molecule has 2 amide bonds. The van der Waals surface area contributed by atoms with Gasteiger partial charge in [0.2, 0.25) is 5.91 Å². The Morgan fingerprint density at radius 2 is 1.80 bits per heavy atom. The van der Waals surface area contributed by atoms with E-state index in [1.807, 2.05) is 6.07 Å². The monoisotopic (exact) mass is 430 g/mol. The van der Waals surface area contributed by atoms with Gasteiger partial charge in [0, 0.05) is 25.9 Å². The maximum atomic E-state index is 12.9. The highest BCUT2D eigenvalue weighted by atomic mass is 32.1. The Bertz CT molecular complexity index is 1080.